The highest BCUT2D eigenvalue weighted by atomic mass is 35.5. The van der Waals surface area contributed by atoms with Gasteiger partial charge in [-0.2, -0.15) is 0 Å². The second-order valence-corrected chi connectivity index (χ2v) is 4.24. The number of rotatable bonds is 5. The predicted molar refractivity (Wildman–Crippen MR) is 64.7 cm³/mol. The van der Waals surface area contributed by atoms with E-state index in [4.69, 9.17) is 16.7 Å². The number of hydrogen-bond donors (Lipinski definition) is 2. The van der Waals surface area contributed by atoms with Gasteiger partial charge in [0, 0.05) is 11.1 Å². The van der Waals surface area contributed by atoms with Gasteiger partial charge in [0.1, 0.15) is 6.04 Å². The van der Waals surface area contributed by atoms with E-state index in [1.807, 2.05) is 13.8 Å². The molecular formula is C12H16ClNO2. The first-order chi connectivity index (χ1) is 7.54. The number of aliphatic carboxylic acids is 1. The van der Waals surface area contributed by atoms with Crippen molar-refractivity contribution >= 4 is 17.6 Å². The largest absolute Gasteiger partial charge is 0.480 e. The molecule has 4 heteroatoms. The monoisotopic (exact) mass is 241 g/mol. The highest BCUT2D eigenvalue weighted by molar-refractivity contribution is 6.30. The highest BCUT2D eigenvalue weighted by Gasteiger charge is 2.20. The van der Waals surface area contributed by atoms with Crippen LogP contribution in [0.2, 0.25) is 5.02 Å². The van der Waals surface area contributed by atoms with Crippen LogP contribution in [0.5, 0.6) is 0 Å². The smallest absolute Gasteiger partial charge is 0.325 e. The maximum absolute atomic E-state index is 11.1. The van der Waals surface area contributed by atoms with Gasteiger partial charge < -0.3 is 5.11 Å². The highest BCUT2D eigenvalue weighted by Crippen LogP contribution is 2.17. The zero-order chi connectivity index (χ0) is 12.1. The number of benzene rings is 1. The molecule has 3 nitrogen and oxygen atoms in total. The Morgan fingerprint density at radius 3 is 2.44 bits per heavy atom. The van der Waals surface area contributed by atoms with Crippen LogP contribution in [0.25, 0.3) is 0 Å². The van der Waals surface area contributed by atoms with Crippen LogP contribution in [-0.4, -0.2) is 17.1 Å². The van der Waals surface area contributed by atoms with Gasteiger partial charge in [-0.1, -0.05) is 30.7 Å². The molecule has 0 aliphatic heterocycles. The third-order valence-corrected chi connectivity index (χ3v) is 2.77. The molecule has 0 amide bonds. The summed E-state index contributed by atoms with van der Waals surface area (Å²) in [6, 6.07) is 6.35. The van der Waals surface area contributed by atoms with Gasteiger partial charge >= 0.3 is 5.97 Å². The zero-order valence-corrected chi connectivity index (χ0v) is 10.2. The number of hydrogen-bond acceptors (Lipinski definition) is 2. The second kappa shape index (κ2) is 5.87. The third-order valence-electron chi connectivity index (χ3n) is 2.51. The van der Waals surface area contributed by atoms with Gasteiger partial charge in [-0.15, -0.1) is 0 Å². The lowest BCUT2D eigenvalue weighted by molar-refractivity contribution is -0.139. The fraction of sp³-hybridized carbons (Fsp3) is 0.417. The van der Waals surface area contributed by atoms with E-state index in [0.717, 1.165) is 12.0 Å². The minimum atomic E-state index is -0.873. The Balaban J connectivity index is 2.85. The van der Waals surface area contributed by atoms with Crippen molar-refractivity contribution in [1.82, 2.24) is 5.32 Å². The zero-order valence-electron chi connectivity index (χ0n) is 9.40. The molecule has 1 aromatic carbocycles. The summed E-state index contributed by atoms with van der Waals surface area (Å²) in [5, 5.41) is 12.8. The van der Waals surface area contributed by atoms with Gasteiger partial charge in [0.2, 0.25) is 0 Å². The number of halogens is 1. The van der Waals surface area contributed by atoms with E-state index in [-0.39, 0.29) is 6.04 Å². The average Bonchev–Trinajstić information content (AvgIpc) is 2.26. The lowest BCUT2D eigenvalue weighted by Crippen LogP contribution is -2.34. The fourth-order valence-electron chi connectivity index (χ4n) is 1.37. The van der Waals surface area contributed by atoms with Gasteiger partial charge in [-0.25, -0.2) is 0 Å². The van der Waals surface area contributed by atoms with Gasteiger partial charge in [0.15, 0.2) is 0 Å². The molecule has 2 atom stereocenters. The number of carbonyl (C=O) groups is 1. The SMILES string of the molecule is CCC(C)NC(C(=O)O)c1ccc(Cl)cc1. The summed E-state index contributed by atoms with van der Waals surface area (Å²) in [5.41, 5.74) is 0.720. The molecule has 88 valence electrons. The van der Waals surface area contributed by atoms with E-state index in [9.17, 15) is 4.79 Å². The molecule has 0 radical (unpaired) electrons. The molecule has 0 saturated heterocycles. The molecule has 2 unspecified atom stereocenters. The quantitative estimate of drug-likeness (QED) is 0.834. The van der Waals surface area contributed by atoms with Crippen LogP contribution in [-0.2, 0) is 4.79 Å². The lowest BCUT2D eigenvalue weighted by Gasteiger charge is -2.19. The van der Waals surface area contributed by atoms with Gasteiger partial charge in [-0.3, -0.25) is 10.1 Å². The summed E-state index contributed by atoms with van der Waals surface area (Å²) in [6.45, 7) is 3.98. The maximum atomic E-state index is 11.1. The molecule has 0 bridgehead atoms. The summed E-state index contributed by atoms with van der Waals surface area (Å²) < 4.78 is 0. The van der Waals surface area contributed by atoms with E-state index >= 15 is 0 Å². The molecular weight excluding hydrogens is 226 g/mol. The van der Waals surface area contributed by atoms with Crippen molar-refractivity contribution < 1.29 is 9.90 Å². The first-order valence-corrected chi connectivity index (χ1v) is 5.66. The van der Waals surface area contributed by atoms with E-state index in [2.05, 4.69) is 5.32 Å². The van der Waals surface area contributed by atoms with Gasteiger partial charge in [0.05, 0.1) is 0 Å². The van der Waals surface area contributed by atoms with Crippen LogP contribution >= 0.6 is 11.6 Å². The van der Waals surface area contributed by atoms with Crippen LogP contribution in [0.1, 0.15) is 31.9 Å². The van der Waals surface area contributed by atoms with Crippen molar-refractivity contribution in [2.45, 2.75) is 32.4 Å². The van der Waals surface area contributed by atoms with Crippen molar-refractivity contribution in [3.8, 4) is 0 Å². The van der Waals surface area contributed by atoms with Crippen LogP contribution in [0.15, 0.2) is 24.3 Å². The first kappa shape index (κ1) is 13.0. The standard InChI is InChI=1S/C12H16ClNO2/c1-3-8(2)14-11(12(15)16)9-4-6-10(13)7-5-9/h4-8,11,14H,3H2,1-2H3,(H,15,16). The molecule has 2 N–H and O–H groups in total. The minimum absolute atomic E-state index is 0.164. The summed E-state index contributed by atoms with van der Waals surface area (Å²) in [4.78, 5) is 11.1. The molecule has 0 spiro atoms. The van der Waals surface area contributed by atoms with E-state index in [1.165, 1.54) is 0 Å². The number of nitrogens with one attached hydrogen (secondary N) is 1. The number of carboxylic acids is 1. The van der Waals surface area contributed by atoms with E-state index < -0.39 is 12.0 Å². The molecule has 16 heavy (non-hydrogen) atoms. The van der Waals surface area contributed by atoms with Gasteiger partial charge in [0.25, 0.3) is 0 Å². The third kappa shape index (κ3) is 3.51. The van der Waals surface area contributed by atoms with Crippen LogP contribution in [0.3, 0.4) is 0 Å². The summed E-state index contributed by atoms with van der Waals surface area (Å²) in [5.74, 6) is -0.873. The van der Waals surface area contributed by atoms with Crippen molar-refractivity contribution in [1.29, 1.82) is 0 Å². The summed E-state index contributed by atoms with van der Waals surface area (Å²) in [6.07, 6.45) is 0.886. The van der Waals surface area contributed by atoms with Crippen LogP contribution in [0.4, 0.5) is 0 Å². The summed E-state index contributed by atoms with van der Waals surface area (Å²) >= 11 is 5.76. The maximum Gasteiger partial charge on any atom is 0.325 e. The van der Waals surface area contributed by atoms with Crippen LogP contribution in [0, 0.1) is 0 Å². The Morgan fingerprint density at radius 1 is 1.44 bits per heavy atom. The molecule has 0 heterocycles. The van der Waals surface area contributed by atoms with E-state index in [0.29, 0.717) is 5.02 Å². The average molecular weight is 242 g/mol. The molecule has 0 saturated carbocycles. The Hall–Kier alpha value is -1.06. The van der Waals surface area contributed by atoms with Gasteiger partial charge in [-0.05, 0) is 31.0 Å². The van der Waals surface area contributed by atoms with Crippen molar-refractivity contribution in [2.24, 2.45) is 0 Å². The number of carboxylic acid groups (broad SMARTS) is 1. The van der Waals surface area contributed by atoms with Crippen LogP contribution < -0.4 is 5.32 Å². The minimum Gasteiger partial charge on any atom is -0.480 e. The molecule has 0 aliphatic rings. The second-order valence-electron chi connectivity index (χ2n) is 3.80. The topological polar surface area (TPSA) is 49.3 Å². The fourth-order valence-corrected chi connectivity index (χ4v) is 1.49. The predicted octanol–water partition coefficient (Wildman–Crippen LogP) is 2.85. The molecule has 0 aliphatic carbocycles. The Labute approximate surface area is 100 Å². The Morgan fingerprint density at radius 2 is 2.00 bits per heavy atom. The lowest BCUT2D eigenvalue weighted by atomic mass is 10.1. The molecule has 1 rings (SSSR count). The molecule has 1 aromatic rings. The molecule has 0 fully saturated rings. The van der Waals surface area contributed by atoms with E-state index in [1.54, 1.807) is 24.3 Å². The molecule has 0 aromatic heterocycles. The summed E-state index contributed by atoms with van der Waals surface area (Å²) in [7, 11) is 0. The van der Waals surface area contributed by atoms with Crippen molar-refractivity contribution in [2.75, 3.05) is 0 Å². The normalized spacial score (nSPS) is 14.4. The van der Waals surface area contributed by atoms with Crippen molar-refractivity contribution in [3.63, 3.8) is 0 Å². The van der Waals surface area contributed by atoms with Crippen molar-refractivity contribution in [3.05, 3.63) is 34.9 Å². The first-order valence-electron chi connectivity index (χ1n) is 5.29. The Kier molecular flexibility index (Phi) is 4.77. The Bertz CT molecular complexity index is 351.